The number of hydrogen-bond acceptors (Lipinski definition) is 5. The van der Waals surface area contributed by atoms with E-state index in [4.69, 9.17) is 21.1 Å². The number of Topliss-reactive ketones (excluding diaryl/α,β-unsaturated/α-hetero) is 1. The molecular weight excluding hydrogens is 452 g/mol. The minimum atomic E-state index is -0.912. The molecule has 0 spiro atoms. The highest BCUT2D eigenvalue weighted by atomic mass is 35.5. The Morgan fingerprint density at radius 2 is 1.41 bits per heavy atom. The summed E-state index contributed by atoms with van der Waals surface area (Å²) >= 11 is 6.06. The van der Waals surface area contributed by atoms with Crippen molar-refractivity contribution in [3.05, 3.63) is 70.2 Å². The van der Waals surface area contributed by atoms with Gasteiger partial charge >= 0.3 is 11.9 Å². The van der Waals surface area contributed by atoms with E-state index in [2.05, 4.69) is 6.92 Å². The summed E-state index contributed by atoms with van der Waals surface area (Å²) in [6, 6.07) is 14.9. The summed E-state index contributed by atoms with van der Waals surface area (Å²) in [6.45, 7) is 10.3. The predicted molar refractivity (Wildman–Crippen MR) is 134 cm³/mol. The van der Waals surface area contributed by atoms with Crippen LogP contribution in [0.2, 0.25) is 5.02 Å². The monoisotopic (exact) mass is 486 g/mol. The first-order valence-corrected chi connectivity index (χ1v) is 11.9. The zero-order valence-electron chi connectivity index (χ0n) is 20.9. The second-order valence-corrected chi connectivity index (χ2v) is 10.7. The molecule has 184 valence electrons. The number of aryl methyl sites for hydroxylation is 1. The summed E-state index contributed by atoms with van der Waals surface area (Å²) in [5.74, 6) is -1.16. The molecule has 0 amide bonds. The number of hydrogen-bond donors (Lipinski definition) is 0. The Morgan fingerprint density at radius 3 is 1.94 bits per heavy atom. The Labute approximate surface area is 207 Å². The standard InChI is InChI=1S/C28H35ClO5/c1-7-19-8-10-21(11-9-19)24(30)16-22(20-12-14-23(29)15-13-20)17-28(5,6)26(32)34-18-33-25(31)27(2,3)4/h8-15,22H,7,16-18H2,1-6H3. The molecule has 1 unspecified atom stereocenters. The first kappa shape index (κ1) is 27.6. The van der Waals surface area contributed by atoms with Crippen molar-refractivity contribution in [3.63, 3.8) is 0 Å². The van der Waals surface area contributed by atoms with Gasteiger partial charge in [-0.15, -0.1) is 0 Å². The minimum absolute atomic E-state index is 0.00544. The highest BCUT2D eigenvalue weighted by Crippen LogP contribution is 2.36. The summed E-state index contributed by atoms with van der Waals surface area (Å²) < 4.78 is 10.3. The molecule has 2 aromatic carbocycles. The lowest BCUT2D eigenvalue weighted by molar-refractivity contribution is -0.178. The summed E-state index contributed by atoms with van der Waals surface area (Å²) in [7, 11) is 0. The van der Waals surface area contributed by atoms with Crippen molar-refractivity contribution in [1.29, 1.82) is 0 Å². The molecule has 0 saturated carbocycles. The molecule has 0 aliphatic heterocycles. The van der Waals surface area contributed by atoms with E-state index in [0.717, 1.165) is 12.0 Å². The van der Waals surface area contributed by atoms with Gasteiger partial charge in [-0.1, -0.05) is 54.9 Å². The lowest BCUT2D eigenvalue weighted by Gasteiger charge is -2.28. The fourth-order valence-corrected chi connectivity index (χ4v) is 3.68. The molecule has 0 bridgehead atoms. The number of carbonyl (C=O) groups is 3. The molecule has 1 atom stereocenters. The number of rotatable bonds is 10. The Morgan fingerprint density at radius 1 is 0.853 bits per heavy atom. The molecule has 5 nitrogen and oxygen atoms in total. The van der Waals surface area contributed by atoms with Crippen molar-refractivity contribution in [2.45, 2.75) is 66.7 Å². The maximum atomic E-state index is 13.1. The van der Waals surface area contributed by atoms with Crippen LogP contribution in [0.3, 0.4) is 0 Å². The lowest BCUT2D eigenvalue weighted by atomic mass is 9.77. The number of carbonyl (C=O) groups excluding carboxylic acids is 3. The number of esters is 2. The van der Waals surface area contributed by atoms with E-state index in [1.54, 1.807) is 46.8 Å². The van der Waals surface area contributed by atoms with Crippen LogP contribution >= 0.6 is 11.6 Å². The van der Waals surface area contributed by atoms with Crippen LogP contribution in [0.25, 0.3) is 0 Å². The van der Waals surface area contributed by atoms with E-state index in [1.165, 1.54) is 5.56 Å². The molecule has 2 aromatic rings. The maximum Gasteiger partial charge on any atom is 0.314 e. The van der Waals surface area contributed by atoms with Gasteiger partial charge in [-0.3, -0.25) is 14.4 Å². The van der Waals surface area contributed by atoms with Crippen LogP contribution in [0, 0.1) is 10.8 Å². The Kier molecular flexibility index (Phi) is 9.45. The van der Waals surface area contributed by atoms with Gasteiger partial charge in [0.1, 0.15) is 0 Å². The molecule has 0 radical (unpaired) electrons. The van der Waals surface area contributed by atoms with Gasteiger partial charge in [0.25, 0.3) is 0 Å². The van der Waals surface area contributed by atoms with Crippen LogP contribution in [0.4, 0.5) is 0 Å². The number of ketones is 1. The molecule has 0 fully saturated rings. The van der Waals surface area contributed by atoms with E-state index in [0.29, 0.717) is 17.0 Å². The van der Waals surface area contributed by atoms with Gasteiger partial charge in [0.05, 0.1) is 10.8 Å². The molecule has 2 rings (SSSR count). The Balaban J connectivity index is 2.15. The summed E-state index contributed by atoms with van der Waals surface area (Å²) in [4.78, 5) is 37.8. The molecule has 6 heteroatoms. The second kappa shape index (κ2) is 11.7. The van der Waals surface area contributed by atoms with Gasteiger partial charge in [-0.05, 0) is 76.6 Å². The third-order valence-corrected chi connectivity index (χ3v) is 6.01. The van der Waals surface area contributed by atoms with Crippen LogP contribution in [0.15, 0.2) is 48.5 Å². The Bertz CT molecular complexity index is 985. The van der Waals surface area contributed by atoms with Crippen molar-refractivity contribution >= 4 is 29.3 Å². The molecule has 0 aliphatic carbocycles. The Hall–Kier alpha value is -2.66. The quantitative estimate of drug-likeness (QED) is 0.210. The molecule has 0 N–H and O–H groups in total. The predicted octanol–water partition coefficient (Wildman–Crippen LogP) is 6.77. The topological polar surface area (TPSA) is 69.7 Å². The summed E-state index contributed by atoms with van der Waals surface area (Å²) in [6.07, 6.45) is 1.52. The normalized spacial score (nSPS) is 12.7. The average molecular weight is 487 g/mol. The maximum absolute atomic E-state index is 13.1. The zero-order valence-corrected chi connectivity index (χ0v) is 21.7. The van der Waals surface area contributed by atoms with Gasteiger partial charge in [-0.25, -0.2) is 0 Å². The zero-order chi connectivity index (χ0) is 25.5. The number of benzene rings is 2. The fraction of sp³-hybridized carbons (Fsp3) is 0.464. The molecule has 0 heterocycles. The van der Waals surface area contributed by atoms with Crippen molar-refractivity contribution < 1.29 is 23.9 Å². The largest absolute Gasteiger partial charge is 0.427 e. The van der Waals surface area contributed by atoms with Crippen LogP contribution in [-0.4, -0.2) is 24.5 Å². The molecular formula is C28H35ClO5. The van der Waals surface area contributed by atoms with E-state index in [1.807, 2.05) is 36.4 Å². The van der Waals surface area contributed by atoms with E-state index < -0.39 is 29.6 Å². The number of halogens is 1. The van der Waals surface area contributed by atoms with Crippen molar-refractivity contribution in [3.8, 4) is 0 Å². The van der Waals surface area contributed by atoms with Crippen molar-refractivity contribution in [2.24, 2.45) is 10.8 Å². The second-order valence-electron chi connectivity index (χ2n) is 10.2. The van der Waals surface area contributed by atoms with Crippen LogP contribution in [-0.2, 0) is 25.5 Å². The molecule has 0 aromatic heterocycles. The van der Waals surface area contributed by atoms with Crippen LogP contribution < -0.4 is 0 Å². The molecule has 0 saturated heterocycles. The highest BCUT2D eigenvalue weighted by Gasteiger charge is 2.34. The average Bonchev–Trinajstić information content (AvgIpc) is 2.78. The molecule has 0 aliphatic rings. The van der Waals surface area contributed by atoms with Gasteiger partial charge in [0, 0.05) is 17.0 Å². The van der Waals surface area contributed by atoms with E-state index >= 15 is 0 Å². The third-order valence-electron chi connectivity index (χ3n) is 5.76. The number of ether oxygens (including phenoxy) is 2. The summed E-state index contributed by atoms with van der Waals surface area (Å²) in [5, 5.41) is 0.600. The van der Waals surface area contributed by atoms with Crippen molar-refractivity contribution in [2.75, 3.05) is 6.79 Å². The molecule has 34 heavy (non-hydrogen) atoms. The fourth-order valence-electron chi connectivity index (χ4n) is 3.56. The first-order valence-electron chi connectivity index (χ1n) is 11.6. The van der Waals surface area contributed by atoms with Crippen molar-refractivity contribution in [1.82, 2.24) is 0 Å². The van der Waals surface area contributed by atoms with Crippen LogP contribution in [0.5, 0.6) is 0 Å². The SMILES string of the molecule is CCc1ccc(C(=O)CC(CC(C)(C)C(=O)OCOC(=O)C(C)(C)C)c2ccc(Cl)cc2)cc1. The summed E-state index contributed by atoms with van der Waals surface area (Å²) in [5.41, 5.74) is 1.14. The van der Waals surface area contributed by atoms with Gasteiger partial charge in [0.15, 0.2) is 5.78 Å². The minimum Gasteiger partial charge on any atom is -0.427 e. The van der Waals surface area contributed by atoms with Crippen LogP contribution in [0.1, 0.15) is 81.8 Å². The third kappa shape index (κ3) is 7.98. The smallest absolute Gasteiger partial charge is 0.314 e. The van der Waals surface area contributed by atoms with Gasteiger partial charge in [-0.2, -0.15) is 0 Å². The lowest BCUT2D eigenvalue weighted by Crippen LogP contribution is -2.31. The van der Waals surface area contributed by atoms with E-state index in [-0.39, 0.29) is 18.1 Å². The highest BCUT2D eigenvalue weighted by molar-refractivity contribution is 6.30. The van der Waals surface area contributed by atoms with Gasteiger partial charge in [0.2, 0.25) is 6.79 Å². The van der Waals surface area contributed by atoms with Gasteiger partial charge < -0.3 is 9.47 Å². The first-order chi connectivity index (χ1) is 15.8. The van der Waals surface area contributed by atoms with E-state index in [9.17, 15) is 14.4 Å².